The quantitative estimate of drug-likeness (QED) is 0.284. The number of ether oxygens (including phenoxy) is 6. The van der Waals surface area contributed by atoms with Crippen LogP contribution in [0.2, 0.25) is 0 Å². The van der Waals surface area contributed by atoms with Crippen LogP contribution in [0.25, 0.3) is 0 Å². The Morgan fingerprint density at radius 1 is 0.769 bits per heavy atom. The molecular formula is C15H28O11. The van der Waals surface area contributed by atoms with Crippen LogP contribution in [0.1, 0.15) is 0 Å². The van der Waals surface area contributed by atoms with Crippen molar-refractivity contribution in [2.45, 2.75) is 54.8 Å². The molecule has 0 aromatic heterocycles. The molecule has 11 heteroatoms. The van der Waals surface area contributed by atoms with Gasteiger partial charge in [0.1, 0.15) is 49.3 Å². The second-order valence-electron chi connectivity index (χ2n) is 6.38. The maximum absolute atomic E-state index is 10.4. The molecule has 0 aromatic rings. The van der Waals surface area contributed by atoms with E-state index in [0.29, 0.717) is 0 Å². The summed E-state index contributed by atoms with van der Waals surface area (Å²) in [6, 6.07) is 0. The number of hydrogen-bond acceptors (Lipinski definition) is 11. The molecule has 2 fully saturated rings. The lowest BCUT2D eigenvalue weighted by atomic mass is 9.99. The first kappa shape index (κ1) is 21.9. The van der Waals surface area contributed by atoms with Gasteiger partial charge in [0.2, 0.25) is 5.79 Å². The van der Waals surface area contributed by atoms with Crippen LogP contribution in [0.3, 0.4) is 0 Å². The van der Waals surface area contributed by atoms with Gasteiger partial charge in [-0.1, -0.05) is 0 Å². The molecule has 2 aliphatic rings. The third kappa shape index (κ3) is 4.18. The third-order valence-electron chi connectivity index (χ3n) is 4.50. The van der Waals surface area contributed by atoms with Crippen molar-refractivity contribution in [2.75, 3.05) is 41.2 Å². The van der Waals surface area contributed by atoms with Crippen molar-refractivity contribution in [1.82, 2.24) is 0 Å². The first-order valence-electron chi connectivity index (χ1n) is 8.19. The molecule has 0 aromatic carbocycles. The van der Waals surface area contributed by atoms with Crippen LogP contribution >= 0.6 is 0 Å². The summed E-state index contributed by atoms with van der Waals surface area (Å²) in [6.07, 6.45) is -10.9. The second-order valence-corrected chi connectivity index (χ2v) is 6.38. The van der Waals surface area contributed by atoms with E-state index < -0.39 is 54.8 Å². The Labute approximate surface area is 150 Å². The van der Waals surface area contributed by atoms with Gasteiger partial charge in [0.15, 0.2) is 6.29 Å². The van der Waals surface area contributed by atoms with E-state index in [1.54, 1.807) is 0 Å². The van der Waals surface area contributed by atoms with Gasteiger partial charge in [-0.3, -0.25) is 0 Å². The predicted octanol–water partition coefficient (Wildman–Crippen LogP) is -3.43. The monoisotopic (exact) mass is 384 g/mol. The lowest BCUT2D eigenvalue weighted by Gasteiger charge is -2.43. The van der Waals surface area contributed by atoms with Crippen LogP contribution in [-0.4, -0.2) is 121 Å². The van der Waals surface area contributed by atoms with Crippen molar-refractivity contribution in [3.63, 3.8) is 0 Å². The molecule has 2 heterocycles. The summed E-state index contributed by atoms with van der Waals surface area (Å²) in [7, 11) is 4.12. The Morgan fingerprint density at radius 2 is 1.38 bits per heavy atom. The van der Waals surface area contributed by atoms with Crippen molar-refractivity contribution < 1.29 is 54.0 Å². The van der Waals surface area contributed by atoms with Crippen LogP contribution in [-0.2, 0) is 28.4 Å². The highest BCUT2D eigenvalue weighted by atomic mass is 16.8. The van der Waals surface area contributed by atoms with Gasteiger partial charge in [0.25, 0.3) is 0 Å². The largest absolute Gasteiger partial charge is 0.387 e. The van der Waals surface area contributed by atoms with E-state index >= 15 is 0 Å². The third-order valence-corrected chi connectivity index (χ3v) is 4.50. The SMILES string of the molecule is COCC1OC(OC2(COC)OC(COC)C(O)C2O)C(O)C(O)C1O. The average Bonchev–Trinajstić information content (AvgIpc) is 2.83. The molecule has 0 spiro atoms. The molecule has 0 saturated carbocycles. The van der Waals surface area contributed by atoms with Gasteiger partial charge < -0.3 is 54.0 Å². The molecule has 154 valence electrons. The van der Waals surface area contributed by atoms with Crippen molar-refractivity contribution in [3.05, 3.63) is 0 Å². The zero-order valence-corrected chi connectivity index (χ0v) is 14.9. The molecule has 11 nitrogen and oxygen atoms in total. The molecule has 2 saturated heterocycles. The molecule has 0 amide bonds. The normalized spacial score (nSPS) is 46.6. The summed E-state index contributed by atoms with van der Waals surface area (Å²) in [5.74, 6) is -1.87. The zero-order chi connectivity index (χ0) is 19.5. The Bertz CT molecular complexity index is 438. The summed E-state index contributed by atoms with van der Waals surface area (Å²) in [5.41, 5.74) is 0. The summed E-state index contributed by atoms with van der Waals surface area (Å²) in [5, 5.41) is 50.8. The average molecular weight is 384 g/mol. The van der Waals surface area contributed by atoms with Gasteiger partial charge in [-0.25, -0.2) is 0 Å². The minimum atomic E-state index is -1.87. The standard InChI is InChI=1S/C15H28O11/c1-21-4-7-9(16)11(18)12(19)14(24-7)26-15(6-23-3)13(20)10(17)8(25-15)5-22-2/h7-14,16-20H,4-6H2,1-3H3. The van der Waals surface area contributed by atoms with Crippen molar-refractivity contribution in [2.24, 2.45) is 0 Å². The fraction of sp³-hybridized carbons (Fsp3) is 1.00. The van der Waals surface area contributed by atoms with E-state index in [4.69, 9.17) is 28.4 Å². The number of methoxy groups -OCH3 is 3. The number of aliphatic hydroxyl groups is 5. The zero-order valence-electron chi connectivity index (χ0n) is 14.9. The van der Waals surface area contributed by atoms with E-state index in [1.807, 2.05) is 0 Å². The minimum absolute atomic E-state index is 0.0191. The fourth-order valence-electron chi connectivity index (χ4n) is 3.12. The van der Waals surface area contributed by atoms with E-state index in [-0.39, 0.29) is 19.8 Å². The first-order chi connectivity index (χ1) is 12.3. The number of hydrogen-bond donors (Lipinski definition) is 5. The van der Waals surface area contributed by atoms with Gasteiger partial charge in [-0.2, -0.15) is 0 Å². The molecule has 26 heavy (non-hydrogen) atoms. The Morgan fingerprint density at radius 3 is 1.96 bits per heavy atom. The summed E-state index contributed by atoms with van der Waals surface area (Å²) in [4.78, 5) is 0. The molecule has 0 aliphatic carbocycles. The highest BCUT2D eigenvalue weighted by molar-refractivity contribution is 4.98. The fourth-order valence-corrected chi connectivity index (χ4v) is 3.12. The van der Waals surface area contributed by atoms with E-state index in [2.05, 4.69) is 0 Å². The van der Waals surface area contributed by atoms with Crippen LogP contribution < -0.4 is 0 Å². The second kappa shape index (κ2) is 9.17. The van der Waals surface area contributed by atoms with Crippen molar-refractivity contribution >= 4 is 0 Å². The number of rotatable bonds is 8. The maximum Gasteiger partial charge on any atom is 0.224 e. The molecule has 5 N–H and O–H groups in total. The van der Waals surface area contributed by atoms with Gasteiger partial charge in [-0.05, 0) is 0 Å². The van der Waals surface area contributed by atoms with Gasteiger partial charge in [0.05, 0.1) is 13.2 Å². The summed E-state index contributed by atoms with van der Waals surface area (Å²) >= 11 is 0. The Kier molecular flexibility index (Phi) is 7.71. The van der Waals surface area contributed by atoms with E-state index in [9.17, 15) is 25.5 Å². The highest BCUT2D eigenvalue weighted by Crippen LogP contribution is 2.36. The predicted molar refractivity (Wildman–Crippen MR) is 83.0 cm³/mol. The van der Waals surface area contributed by atoms with Crippen LogP contribution in [0, 0.1) is 0 Å². The van der Waals surface area contributed by atoms with E-state index in [0.717, 1.165) is 0 Å². The molecule has 0 bridgehead atoms. The number of aliphatic hydroxyl groups excluding tert-OH is 5. The van der Waals surface area contributed by atoms with Gasteiger partial charge in [0, 0.05) is 21.3 Å². The van der Waals surface area contributed by atoms with Crippen molar-refractivity contribution in [1.29, 1.82) is 0 Å². The Balaban J connectivity index is 2.20. The lowest BCUT2D eigenvalue weighted by Crippen LogP contribution is -2.62. The van der Waals surface area contributed by atoms with Gasteiger partial charge in [-0.15, -0.1) is 0 Å². The van der Waals surface area contributed by atoms with Crippen LogP contribution in [0.15, 0.2) is 0 Å². The molecule has 0 radical (unpaired) electrons. The highest BCUT2D eigenvalue weighted by Gasteiger charge is 2.58. The van der Waals surface area contributed by atoms with Crippen LogP contribution in [0.5, 0.6) is 0 Å². The molecule has 2 aliphatic heterocycles. The first-order valence-corrected chi connectivity index (χ1v) is 8.19. The van der Waals surface area contributed by atoms with E-state index in [1.165, 1.54) is 21.3 Å². The maximum atomic E-state index is 10.4. The minimum Gasteiger partial charge on any atom is -0.387 e. The molecule has 2 rings (SSSR count). The molecule has 9 unspecified atom stereocenters. The topological polar surface area (TPSA) is 157 Å². The molecular weight excluding hydrogens is 356 g/mol. The van der Waals surface area contributed by atoms with Crippen molar-refractivity contribution in [3.8, 4) is 0 Å². The van der Waals surface area contributed by atoms with Gasteiger partial charge >= 0.3 is 0 Å². The smallest absolute Gasteiger partial charge is 0.224 e. The summed E-state index contributed by atoms with van der Waals surface area (Å²) < 4.78 is 31.6. The lowest BCUT2D eigenvalue weighted by molar-refractivity contribution is -0.385. The molecule has 9 atom stereocenters. The Hall–Kier alpha value is -0.440. The summed E-state index contributed by atoms with van der Waals surface area (Å²) in [6.45, 7) is -0.388. The van der Waals surface area contributed by atoms with Crippen LogP contribution in [0.4, 0.5) is 0 Å².